The summed E-state index contributed by atoms with van der Waals surface area (Å²) >= 11 is 0. The van der Waals surface area contributed by atoms with Crippen molar-refractivity contribution in [3.05, 3.63) is 283 Å². The fraction of sp³-hybridized carbons (Fsp3) is 0.281. The van der Waals surface area contributed by atoms with Gasteiger partial charge >= 0.3 is 0 Å². The molecule has 11 heteroatoms. The molecule has 5 heterocycles. The number of rotatable bonds is 22. The molecule has 0 atom stereocenters. The van der Waals surface area contributed by atoms with Crippen LogP contribution in [0.5, 0.6) is 0 Å². The summed E-state index contributed by atoms with van der Waals surface area (Å²) in [7, 11) is 0. The smallest absolute Gasteiger partial charge is 0.126 e. The second-order valence-electron chi connectivity index (χ2n) is 26.6. The molecule has 0 fully saturated rings. The average Bonchev–Trinajstić information content (AvgIpc) is 1.61. The Bertz CT molecular complexity index is 4460. The summed E-state index contributed by atoms with van der Waals surface area (Å²) in [5.74, 6) is 0.976. The van der Waals surface area contributed by atoms with Gasteiger partial charge in [-0.05, 0) is 179 Å². The van der Waals surface area contributed by atoms with Crippen molar-refractivity contribution in [2.45, 2.75) is 153 Å². The number of hydrogen-bond donors (Lipinski definition) is 0. The summed E-state index contributed by atoms with van der Waals surface area (Å²) in [5.41, 5.74) is 27.7. The van der Waals surface area contributed by atoms with Crippen LogP contribution in [0.25, 0.3) is 49.9 Å². The molecule has 0 saturated carbocycles. The fourth-order valence-electron chi connectivity index (χ4n) is 14.2. The molecule has 0 amide bonds. The van der Waals surface area contributed by atoms with Crippen molar-refractivity contribution in [2.75, 3.05) is 37.6 Å². The summed E-state index contributed by atoms with van der Waals surface area (Å²) in [4.78, 5) is 18.5. The Kier molecular flexibility index (Phi) is 27.8. The molecule has 8 nitrogen and oxygen atoms in total. The third-order valence-electron chi connectivity index (χ3n) is 18.9. The molecular formula is C89H95Ir3N7O-6. The molecule has 0 unspecified atom stereocenters. The molecule has 0 aliphatic carbocycles. The van der Waals surface area contributed by atoms with E-state index in [9.17, 15) is 0 Å². The number of hydrogen-bond acceptors (Lipinski definition) is 8. The van der Waals surface area contributed by atoms with Gasteiger partial charge in [-0.3, -0.25) is 0 Å². The first-order valence-electron chi connectivity index (χ1n) is 35.6. The SMILES string of the molecule is CCCCCCN1[CH-]N(c2[c-]ccc3c2oc2ccc(-c4c(C)cc(C)cc4C)cc23)C=C1c1ccccc1.CCCCCN1[CH-]N(c2[c-]ccc(-c3c(C)cc(C)cc3C)c2)c2ccccc21.CCCCc1cc[c-]c(N2[CH-]N(c3ccccc3)c3ncc(CCCC)cc32)c1.[Ir].[Ir].[Ir]. The summed E-state index contributed by atoms with van der Waals surface area (Å²) in [6.45, 7) is 30.8. The quantitative estimate of drug-likeness (QED) is 0.0491. The molecule has 0 spiro atoms. The molecule has 0 saturated heterocycles. The van der Waals surface area contributed by atoms with Crippen LogP contribution in [0.4, 0.5) is 45.6 Å². The fourth-order valence-corrected chi connectivity index (χ4v) is 14.2. The number of aromatic nitrogens is 1. The largest absolute Gasteiger partial charge is 0.514 e. The third kappa shape index (κ3) is 17.6. The standard InChI is InChI=1S/C36H36N2O.C27H30N2.C26H29N3.3Ir/c1-5-6-7-11-19-37-24-38(23-33(37)28-13-9-8-10-14-28)32-16-12-15-30-31-22-29(17-18-34(31)39-36(30)32)35-26(3)20-25(2)21-27(35)4;1-5-6-9-15-28-19-29(26-14-8-7-13-25(26)28)24-12-10-11-23(18-24)27-21(3)16-20(2)17-22(27)4;1-3-5-11-21-13-10-16-24(17-21)28-20-29(23-14-8-7-9-15-23)26-25(28)18-22(19-27-26)12-6-4-2;;;/h8-10,12-15,17-18,20-24H,5-7,11,19H2,1-4H3;7-8,10-11,13-14,16-19H,5-6,9,15H2,1-4H3;7-10,13-15,17-20H,3-6,11-12H2,1-2H3;;;/q3*-2;;;. The molecule has 2 aromatic heterocycles. The van der Waals surface area contributed by atoms with E-state index in [0.29, 0.717) is 0 Å². The molecule has 3 aliphatic heterocycles. The zero-order chi connectivity index (χ0) is 67.4. The number of aryl methyl sites for hydroxylation is 8. The Balaban J connectivity index is 0.000000175. The van der Waals surface area contributed by atoms with Crippen LogP contribution in [-0.2, 0) is 73.2 Å². The number of nitrogens with zero attached hydrogens (tertiary/aromatic N) is 7. The number of para-hydroxylation sites is 3. The second-order valence-corrected chi connectivity index (χ2v) is 26.6. The van der Waals surface area contributed by atoms with Gasteiger partial charge in [0.2, 0.25) is 0 Å². The summed E-state index contributed by atoms with van der Waals surface area (Å²) in [6.07, 6.45) is 19.9. The first kappa shape index (κ1) is 76.6. The van der Waals surface area contributed by atoms with Crippen LogP contribution in [0.2, 0.25) is 0 Å². The van der Waals surface area contributed by atoms with E-state index in [1.165, 1.54) is 160 Å². The Morgan fingerprint density at radius 3 is 1.66 bits per heavy atom. The summed E-state index contributed by atoms with van der Waals surface area (Å²) in [5, 5.41) is 2.26. The van der Waals surface area contributed by atoms with Crippen LogP contribution in [0.15, 0.2) is 199 Å². The van der Waals surface area contributed by atoms with Crippen LogP contribution in [0, 0.1) is 79.7 Å². The zero-order valence-corrected chi connectivity index (χ0v) is 67.0. The predicted molar refractivity (Wildman–Crippen MR) is 411 cm³/mol. The van der Waals surface area contributed by atoms with Crippen molar-refractivity contribution < 1.29 is 64.7 Å². The van der Waals surface area contributed by atoms with Crippen molar-refractivity contribution in [3.63, 3.8) is 0 Å². The van der Waals surface area contributed by atoms with Crippen LogP contribution in [0.1, 0.15) is 148 Å². The van der Waals surface area contributed by atoms with Gasteiger partial charge in [0.05, 0.1) is 5.69 Å². The van der Waals surface area contributed by atoms with E-state index in [2.05, 4.69) is 307 Å². The maximum atomic E-state index is 6.52. The molecule has 0 bridgehead atoms. The molecule has 3 aliphatic rings. The molecule has 3 radical (unpaired) electrons. The monoisotopic (exact) mass is 1860 g/mol. The first-order chi connectivity index (χ1) is 47.4. The molecular weight excluding hydrogens is 1760 g/mol. The molecule has 0 N–H and O–H groups in total. The van der Waals surface area contributed by atoms with E-state index in [4.69, 9.17) is 9.40 Å². The van der Waals surface area contributed by atoms with Crippen molar-refractivity contribution in [1.82, 2.24) is 9.88 Å². The van der Waals surface area contributed by atoms with Gasteiger partial charge in [0.25, 0.3) is 0 Å². The van der Waals surface area contributed by atoms with Crippen molar-refractivity contribution in [1.29, 1.82) is 0 Å². The van der Waals surface area contributed by atoms with Crippen molar-refractivity contribution in [2.24, 2.45) is 0 Å². The molecule has 9 aromatic carbocycles. The molecule has 11 aromatic rings. The number of furan rings is 1. The van der Waals surface area contributed by atoms with Crippen LogP contribution < -0.4 is 24.5 Å². The van der Waals surface area contributed by atoms with Crippen LogP contribution in [-0.4, -0.2) is 23.0 Å². The van der Waals surface area contributed by atoms with Gasteiger partial charge in [0.1, 0.15) is 11.4 Å². The Morgan fingerprint density at radius 1 is 0.430 bits per heavy atom. The third-order valence-corrected chi connectivity index (χ3v) is 18.9. The first-order valence-corrected chi connectivity index (χ1v) is 35.6. The van der Waals surface area contributed by atoms with Crippen molar-refractivity contribution >= 4 is 73.3 Å². The van der Waals surface area contributed by atoms with E-state index in [1.54, 1.807) is 0 Å². The minimum atomic E-state index is 0. The minimum Gasteiger partial charge on any atom is -0.514 e. The van der Waals surface area contributed by atoms with Gasteiger partial charge < -0.3 is 33.8 Å². The summed E-state index contributed by atoms with van der Waals surface area (Å²) in [6, 6.07) is 75.2. The van der Waals surface area contributed by atoms with E-state index in [1.807, 2.05) is 24.4 Å². The topological polar surface area (TPSA) is 45.5 Å². The predicted octanol–water partition coefficient (Wildman–Crippen LogP) is 24.1. The Hall–Kier alpha value is -7.58. The number of benzene rings is 9. The van der Waals surface area contributed by atoms with E-state index < -0.39 is 0 Å². The Labute approximate surface area is 638 Å². The zero-order valence-electron chi connectivity index (χ0n) is 59.9. The second kappa shape index (κ2) is 36.3. The number of unbranched alkanes of at least 4 members (excludes halogenated alkanes) is 7. The minimum absolute atomic E-state index is 0. The molecule has 100 heavy (non-hydrogen) atoms. The van der Waals surface area contributed by atoms with E-state index in [-0.39, 0.29) is 60.3 Å². The van der Waals surface area contributed by atoms with E-state index >= 15 is 0 Å². The molecule has 14 rings (SSSR count). The van der Waals surface area contributed by atoms with Gasteiger partial charge in [-0.2, -0.15) is 73.5 Å². The van der Waals surface area contributed by atoms with Crippen molar-refractivity contribution in [3.8, 4) is 22.3 Å². The van der Waals surface area contributed by atoms with Gasteiger partial charge in [-0.1, -0.05) is 199 Å². The molecule has 525 valence electrons. The summed E-state index contributed by atoms with van der Waals surface area (Å²) < 4.78 is 6.52. The van der Waals surface area contributed by atoms with E-state index in [0.717, 1.165) is 82.1 Å². The van der Waals surface area contributed by atoms with Gasteiger partial charge in [0.15, 0.2) is 0 Å². The maximum absolute atomic E-state index is 6.52. The average molecular weight is 1860 g/mol. The van der Waals surface area contributed by atoms with Gasteiger partial charge in [-0.25, -0.2) is 4.98 Å². The van der Waals surface area contributed by atoms with Gasteiger partial charge in [-0.15, -0.1) is 35.7 Å². The maximum Gasteiger partial charge on any atom is 0.126 e. The number of anilines is 8. The number of fused-ring (bicyclic) bond motifs is 5. The van der Waals surface area contributed by atoms with Gasteiger partial charge in [0, 0.05) is 100 Å². The Morgan fingerprint density at radius 2 is 0.990 bits per heavy atom. The van der Waals surface area contributed by atoms with Crippen LogP contribution >= 0.6 is 0 Å². The van der Waals surface area contributed by atoms with Crippen LogP contribution in [0.3, 0.4) is 0 Å². The normalized spacial score (nSPS) is 12.9. The number of pyridine rings is 1.